The number of benzene rings is 1. The summed E-state index contributed by atoms with van der Waals surface area (Å²) in [5.41, 5.74) is 7.05. The van der Waals surface area contributed by atoms with Crippen LogP contribution in [0.5, 0.6) is 0 Å². The Morgan fingerprint density at radius 1 is 1.29 bits per heavy atom. The number of amidine groups is 1. The number of hydrogen-bond donors (Lipinski definition) is 2. The lowest BCUT2D eigenvalue weighted by Crippen LogP contribution is -2.53. The number of carbonyl (C=O) groups excluding carboxylic acids is 1. The number of nitrogens with two attached hydrogens (primary N) is 1. The zero-order chi connectivity index (χ0) is 20.4. The predicted molar refractivity (Wildman–Crippen MR) is 114 cm³/mol. The van der Waals surface area contributed by atoms with Gasteiger partial charge in [-0.1, -0.05) is 36.9 Å². The fourth-order valence-electron chi connectivity index (χ4n) is 4.44. The quantitative estimate of drug-likeness (QED) is 0.344. The number of hydrogen-bond acceptors (Lipinski definition) is 3. The van der Waals surface area contributed by atoms with E-state index in [1.54, 1.807) is 11.0 Å². The molecule has 1 aromatic carbocycles. The first kappa shape index (κ1) is 20.4. The van der Waals surface area contributed by atoms with Gasteiger partial charge in [0.2, 0.25) is 0 Å². The van der Waals surface area contributed by atoms with Crippen molar-refractivity contribution < 1.29 is 4.79 Å². The summed E-state index contributed by atoms with van der Waals surface area (Å²) in [6.07, 6.45) is 6.81. The second-order valence-electron chi connectivity index (χ2n) is 7.80. The zero-order valence-corrected chi connectivity index (χ0v) is 17.2. The van der Waals surface area contributed by atoms with Gasteiger partial charge in [-0.15, -0.1) is 0 Å². The summed E-state index contributed by atoms with van der Waals surface area (Å²) in [6.45, 7) is 4.37. The van der Waals surface area contributed by atoms with E-state index in [2.05, 4.69) is 60.1 Å². The van der Waals surface area contributed by atoms with Crippen molar-refractivity contribution in [1.82, 2.24) is 15.1 Å². The third-order valence-corrected chi connectivity index (χ3v) is 6.22. The minimum atomic E-state index is -0.246. The van der Waals surface area contributed by atoms with E-state index < -0.39 is 0 Å². The number of carbonyl (C=O) groups is 1. The average Bonchev–Trinajstić information content (AvgIpc) is 2.99. The fourth-order valence-corrected chi connectivity index (χ4v) is 4.49. The Balaban J connectivity index is 1.80. The number of nitrogens with zero attached hydrogens (tertiary/aromatic N) is 3. The molecule has 7 heteroatoms. The molecule has 0 aromatic heterocycles. The number of halogens is 1. The van der Waals surface area contributed by atoms with E-state index >= 15 is 0 Å². The number of nitrogens with one attached hydrogen (secondary N) is 1. The third-order valence-electron chi connectivity index (χ3n) is 6.12. The Bertz CT molecular complexity index is 790. The van der Waals surface area contributed by atoms with Crippen LogP contribution in [0.25, 0.3) is 0 Å². The average molecular weight is 402 g/mol. The number of rotatable bonds is 5. The Morgan fingerprint density at radius 3 is 2.46 bits per heavy atom. The van der Waals surface area contributed by atoms with E-state index in [1.807, 2.05) is 6.07 Å². The second kappa shape index (κ2) is 7.97. The lowest BCUT2D eigenvalue weighted by molar-refractivity contribution is 0.0629. The van der Waals surface area contributed by atoms with Crippen molar-refractivity contribution in [3.05, 3.63) is 60.4 Å². The molecule has 1 heterocycles. The SMILES string of the molecule is C=C/C(=C\N=C(N)Cl)N1CC2(CCC(c3ccccc3)(N(C)C)CC2)NC1=O. The van der Waals surface area contributed by atoms with Crippen molar-refractivity contribution in [3.8, 4) is 0 Å². The van der Waals surface area contributed by atoms with Gasteiger partial charge < -0.3 is 11.1 Å². The highest BCUT2D eigenvalue weighted by Crippen LogP contribution is 2.46. The van der Waals surface area contributed by atoms with Gasteiger partial charge in [-0.2, -0.15) is 0 Å². The second-order valence-corrected chi connectivity index (χ2v) is 8.19. The Morgan fingerprint density at radius 2 is 1.93 bits per heavy atom. The summed E-state index contributed by atoms with van der Waals surface area (Å²) in [5.74, 6) is 0. The van der Waals surface area contributed by atoms with Gasteiger partial charge >= 0.3 is 6.03 Å². The number of allylic oxidation sites excluding steroid dienone is 1. The minimum absolute atomic E-state index is 0.0148. The zero-order valence-electron chi connectivity index (χ0n) is 16.5. The molecule has 150 valence electrons. The molecule has 2 amide bonds. The minimum Gasteiger partial charge on any atom is -0.374 e. The van der Waals surface area contributed by atoms with Crippen LogP contribution in [0.1, 0.15) is 31.2 Å². The molecule has 0 atom stereocenters. The van der Waals surface area contributed by atoms with Crippen molar-refractivity contribution in [3.63, 3.8) is 0 Å². The Labute approximate surface area is 171 Å². The highest BCUT2D eigenvalue weighted by Gasteiger charge is 2.50. The van der Waals surface area contributed by atoms with E-state index in [4.69, 9.17) is 17.3 Å². The largest absolute Gasteiger partial charge is 0.374 e. The Kier molecular flexibility index (Phi) is 5.82. The molecular formula is C21H28ClN5O. The van der Waals surface area contributed by atoms with Gasteiger partial charge in [-0.25, -0.2) is 9.79 Å². The maximum atomic E-state index is 12.7. The summed E-state index contributed by atoms with van der Waals surface area (Å²) < 4.78 is 0. The van der Waals surface area contributed by atoms with Crippen LogP contribution in [0.3, 0.4) is 0 Å². The third kappa shape index (κ3) is 3.80. The molecule has 6 nitrogen and oxygen atoms in total. The Hall–Kier alpha value is -2.31. The summed E-state index contributed by atoms with van der Waals surface area (Å²) >= 11 is 5.61. The molecule has 1 aliphatic carbocycles. The molecule has 3 rings (SSSR count). The van der Waals surface area contributed by atoms with E-state index in [0.717, 1.165) is 25.7 Å². The molecule has 0 radical (unpaired) electrons. The van der Waals surface area contributed by atoms with Crippen LogP contribution in [-0.2, 0) is 5.54 Å². The van der Waals surface area contributed by atoms with Crippen LogP contribution < -0.4 is 11.1 Å². The molecule has 1 spiro atoms. The summed E-state index contributed by atoms with van der Waals surface area (Å²) in [5, 5.41) is 3.14. The smallest absolute Gasteiger partial charge is 0.322 e. The van der Waals surface area contributed by atoms with Crippen LogP contribution in [0, 0.1) is 0 Å². The predicted octanol–water partition coefficient (Wildman–Crippen LogP) is 3.36. The van der Waals surface area contributed by atoms with Crippen LogP contribution in [0.2, 0.25) is 0 Å². The summed E-state index contributed by atoms with van der Waals surface area (Å²) in [6, 6.07) is 10.5. The van der Waals surface area contributed by atoms with Gasteiger partial charge in [0.1, 0.15) is 0 Å². The molecule has 1 saturated carbocycles. The van der Waals surface area contributed by atoms with Crippen LogP contribution in [0.15, 0.2) is 59.9 Å². The van der Waals surface area contributed by atoms with E-state index in [-0.39, 0.29) is 22.4 Å². The lowest BCUT2D eigenvalue weighted by atomic mass is 9.69. The van der Waals surface area contributed by atoms with Crippen LogP contribution in [0.4, 0.5) is 4.79 Å². The van der Waals surface area contributed by atoms with Crippen molar-refractivity contribution >= 4 is 22.9 Å². The molecule has 0 unspecified atom stereocenters. The fraction of sp³-hybridized carbons (Fsp3) is 0.429. The molecular weight excluding hydrogens is 374 g/mol. The first-order valence-electron chi connectivity index (χ1n) is 9.46. The molecule has 2 fully saturated rings. The maximum Gasteiger partial charge on any atom is 0.322 e. The monoisotopic (exact) mass is 401 g/mol. The molecule has 0 bridgehead atoms. The van der Waals surface area contributed by atoms with Gasteiger partial charge in [0.05, 0.1) is 24.0 Å². The standard InChI is InChI=1S/C21H28ClN5O/c1-4-17(14-24-18(22)23)27-15-20(25-19(27)28)10-12-21(13-11-20,26(2)3)16-8-6-5-7-9-16/h4-9,14H,1,10-13,15H2,2-3H3,(H2,23,24)(H,25,28)/b17-14+. The summed E-state index contributed by atoms with van der Waals surface area (Å²) in [4.78, 5) is 20.5. The van der Waals surface area contributed by atoms with Gasteiger partial charge in [0.15, 0.2) is 5.29 Å². The van der Waals surface area contributed by atoms with Crippen LogP contribution >= 0.6 is 11.6 Å². The van der Waals surface area contributed by atoms with E-state index in [0.29, 0.717) is 12.2 Å². The first-order chi connectivity index (χ1) is 13.3. The molecule has 1 aliphatic heterocycles. The normalized spacial score (nSPS) is 28.7. The topological polar surface area (TPSA) is 74.0 Å². The highest BCUT2D eigenvalue weighted by atomic mass is 35.5. The molecule has 2 aliphatic rings. The van der Waals surface area contributed by atoms with E-state index in [1.165, 1.54) is 11.8 Å². The number of amides is 2. The first-order valence-corrected chi connectivity index (χ1v) is 9.84. The van der Waals surface area contributed by atoms with Crippen molar-refractivity contribution in [2.75, 3.05) is 20.6 Å². The highest BCUT2D eigenvalue weighted by molar-refractivity contribution is 6.64. The number of urea groups is 1. The van der Waals surface area contributed by atoms with Gasteiger partial charge in [-0.05, 0) is 63.0 Å². The van der Waals surface area contributed by atoms with Gasteiger partial charge in [0, 0.05) is 5.54 Å². The van der Waals surface area contributed by atoms with Crippen molar-refractivity contribution in [2.24, 2.45) is 10.7 Å². The van der Waals surface area contributed by atoms with Gasteiger partial charge in [-0.3, -0.25) is 9.80 Å². The van der Waals surface area contributed by atoms with E-state index in [9.17, 15) is 4.79 Å². The number of aliphatic imine (C=N–C) groups is 1. The molecule has 1 aromatic rings. The van der Waals surface area contributed by atoms with Gasteiger partial charge in [0.25, 0.3) is 0 Å². The summed E-state index contributed by atoms with van der Waals surface area (Å²) in [7, 11) is 4.27. The lowest BCUT2D eigenvalue weighted by Gasteiger charge is -2.48. The van der Waals surface area contributed by atoms with Crippen molar-refractivity contribution in [2.45, 2.75) is 36.8 Å². The maximum absolute atomic E-state index is 12.7. The molecule has 3 N–H and O–H groups in total. The molecule has 1 saturated heterocycles. The molecule has 28 heavy (non-hydrogen) atoms. The van der Waals surface area contributed by atoms with Crippen LogP contribution in [-0.4, -0.2) is 47.3 Å². The van der Waals surface area contributed by atoms with Crippen molar-refractivity contribution in [1.29, 1.82) is 0 Å².